The van der Waals surface area contributed by atoms with Gasteiger partial charge in [-0.25, -0.2) is 0 Å². The number of rotatable bonds is 4. The van der Waals surface area contributed by atoms with E-state index in [1.807, 2.05) is 0 Å². The molecular weight excluding hydrogens is 263 g/mol. The van der Waals surface area contributed by atoms with Crippen LogP contribution in [0, 0.1) is 5.41 Å². The Kier molecular flexibility index (Phi) is 3.97. The van der Waals surface area contributed by atoms with Gasteiger partial charge in [-0.3, -0.25) is 4.79 Å². The number of alkyl halides is 3. The van der Waals surface area contributed by atoms with Gasteiger partial charge in [0.25, 0.3) is 0 Å². The second-order valence-electron chi connectivity index (χ2n) is 4.73. The molecule has 106 valence electrons. The molecule has 0 aliphatic carbocycles. The highest BCUT2D eigenvalue weighted by Crippen LogP contribution is 2.37. The van der Waals surface area contributed by atoms with Crippen molar-refractivity contribution in [2.45, 2.75) is 20.0 Å². The molecule has 0 saturated carbocycles. The third-order valence-corrected chi connectivity index (χ3v) is 2.48. The number of hydrogen-bond acceptors (Lipinski definition) is 3. The van der Waals surface area contributed by atoms with Gasteiger partial charge in [0, 0.05) is 5.69 Å². The van der Waals surface area contributed by atoms with Gasteiger partial charge < -0.3 is 15.6 Å². The Morgan fingerprint density at radius 3 is 2.42 bits per heavy atom. The Labute approximate surface area is 108 Å². The van der Waals surface area contributed by atoms with Crippen molar-refractivity contribution in [3.8, 4) is 5.75 Å². The molecule has 0 saturated heterocycles. The molecule has 1 aromatic carbocycles. The van der Waals surface area contributed by atoms with E-state index < -0.39 is 28.9 Å². The zero-order chi connectivity index (χ0) is 14.8. The Bertz CT molecular complexity index is 484. The van der Waals surface area contributed by atoms with Crippen LogP contribution in [-0.2, 0) is 11.0 Å². The minimum absolute atomic E-state index is 0.0443. The topological polar surface area (TPSA) is 72.5 Å². The lowest BCUT2D eigenvalue weighted by molar-refractivity contribution is -0.148. The summed E-state index contributed by atoms with van der Waals surface area (Å²) in [4.78, 5) is 10.9. The van der Waals surface area contributed by atoms with Gasteiger partial charge in [-0.15, -0.1) is 0 Å². The largest absolute Gasteiger partial charge is 0.492 e. The third-order valence-electron chi connectivity index (χ3n) is 2.48. The smallest absolute Gasteiger partial charge is 0.420 e. The first-order chi connectivity index (χ1) is 8.54. The van der Waals surface area contributed by atoms with Crippen molar-refractivity contribution in [2.75, 3.05) is 12.3 Å². The molecule has 7 heteroatoms. The molecule has 3 N–H and O–H groups in total. The van der Waals surface area contributed by atoms with Crippen LogP contribution in [0.25, 0.3) is 0 Å². The maximum absolute atomic E-state index is 12.8. The van der Waals surface area contributed by atoms with E-state index in [1.54, 1.807) is 0 Å². The summed E-state index contributed by atoms with van der Waals surface area (Å²) in [5, 5.41) is 8.87. The Morgan fingerprint density at radius 2 is 1.95 bits per heavy atom. The monoisotopic (exact) mass is 277 g/mol. The van der Waals surface area contributed by atoms with Gasteiger partial charge in [0.15, 0.2) is 0 Å². The zero-order valence-corrected chi connectivity index (χ0v) is 10.4. The molecule has 0 aromatic heterocycles. The van der Waals surface area contributed by atoms with Crippen LogP contribution in [0.3, 0.4) is 0 Å². The number of aliphatic carboxylic acids is 1. The SMILES string of the molecule is CC(C)(COc1ccc(N)cc1C(F)(F)F)C(=O)O. The Morgan fingerprint density at radius 1 is 1.37 bits per heavy atom. The van der Waals surface area contributed by atoms with Crippen molar-refractivity contribution in [1.29, 1.82) is 0 Å². The van der Waals surface area contributed by atoms with Crippen molar-refractivity contribution in [3.63, 3.8) is 0 Å². The molecule has 0 heterocycles. The molecule has 0 aliphatic rings. The number of carbonyl (C=O) groups is 1. The molecule has 0 radical (unpaired) electrons. The summed E-state index contributed by atoms with van der Waals surface area (Å²) in [6.45, 7) is 2.34. The average molecular weight is 277 g/mol. The van der Waals surface area contributed by atoms with Crippen LogP contribution in [0.1, 0.15) is 19.4 Å². The molecule has 1 rings (SSSR count). The number of anilines is 1. The van der Waals surface area contributed by atoms with Crippen LogP contribution in [0.15, 0.2) is 18.2 Å². The quantitative estimate of drug-likeness (QED) is 0.830. The molecule has 0 unspecified atom stereocenters. The van der Waals surface area contributed by atoms with E-state index in [2.05, 4.69) is 0 Å². The molecule has 4 nitrogen and oxygen atoms in total. The van der Waals surface area contributed by atoms with Crippen molar-refractivity contribution >= 4 is 11.7 Å². The Balaban J connectivity index is 3.00. The number of nitrogen functional groups attached to an aromatic ring is 1. The second-order valence-corrected chi connectivity index (χ2v) is 4.73. The zero-order valence-electron chi connectivity index (χ0n) is 10.4. The molecule has 19 heavy (non-hydrogen) atoms. The summed E-state index contributed by atoms with van der Waals surface area (Å²) in [7, 11) is 0. The Hall–Kier alpha value is -1.92. The van der Waals surface area contributed by atoms with E-state index in [0.29, 0.717) is 0 Å². The maximum atomic E-state index is 12.8. The highest BCUT2D eigenvalue weighted by atomic mass is 19.4. The molecule has 0 spiro atoms. The number of nitrogens with two attached hydrogens (primary N) is 1. The van der Waals surface area contributed by atoms with E-state index in [0.717, 1.165) is 12.1 Å². The van der Waals surface area contributed by atoms with E-state index in [1.165, 1.54) is 19.9 Å². The highest BCUT2D eigenvalue weighted by Gasteiger charge is 2.36. The van der Waals surface area contributed by atoms with Gasteiger partial charge >= 0.3 is 12.1 Å². The fraction of sp³-hybridized carbons (Fsp3) is 0.417. The normalized spacial score (nSPS) is 12.3. The number of ether oxygens (including phenoxy) is 1. The predicted octanol–water partition coefficient (Wildman–Crippen LogP) is 2.78. The predicted molar refractivity (Wildman–Crippen MR) is 62.8 cm³/mol. The van der Waals surface area contributed by atoms with Gasteiger partial charge in [-0.2, -0.15) is 13.2 Å². The number of carboxylic acid groups (broad SMARTS) is 1. The third kappa shape index (κ3) is 3.77. The first-order valence-corrected chi connectivity index (χ1v) is 5.37. The second kappa shape index (κ2) is 4.99. The van der Waals surface area contributed by atoms with Gasteiger partial charge in [0.05, 0.1) is 11.0 Å². The summed E-state index contributed by atoms with van der Waals surface area (Å²) in [6.07, 6.45) is -4.61. The summed E-state index contributed by atoms with van der Waals surface area (Å²) in [5.74, 6) is -1.59. The van der Waals surface area contributed by atoms with Gasteiger partial charge in [0.1, 0.15) is 12.4 Å². The van der Waals surface area contributed by atoms with Crippen molar-refractivity contribution in [2.24, 2.45) is 5.41 Å². The first kappa shape index (κ1) is 15.1. The number of hydrogen-bond donors (Lipinski definition) is 2. The molecule has 0 fully saturated rings. The maximum Gasteiger partial charge on any atom is 0.420 e. The van der Waals surface area contributed by atoms with Crippen molar-refractivity contribution in [3.05, 3.63) is 23.8 Å². The fourth-order valence-corrected chi connectivity index (χ4v) is 1.21. The van der Waals surface area contributed by atoms with E-state index >= 15 is 0 Å². The van der Waals surface area contributed by atoms with E-state index in [4.69, 9.17) is 15.6 Å². The summed E-state index contributed by atoms with van der Waals surface area (Å²) >= 11 is 0. The van der Waals surface area contributed by atoms with Crippen LogP contribution >= 0.6 is 0 Å². The van der Waals surface area contributed by atoms with E-state index in [9.17, 15) is 18.0 Å². The van der Waals surface area contributed by atoms with Gasteiger partial charge in [-0.05, 0) is 32.0 Å². The van der Waals surface area contributed by atoms with Gasteiger partial charge in [-0.1, -0.05) is 0 Å². The van der Waals surface area contributed by atoms with E-state index in [-0.39, 0.29) is 12.3 Å². The molecule has 0 atom stereocenters. The fourth-order valence-electron chi connectivity index (χ4n) is 1.21. The first-order valence-electron chi connectivity index (χ1n) is 5.37. The van der Waals surface area contributed by atoms with Crippen LogP contribution in [0.4, 0.5) is 18.9 Å². The summed E-state index contributed by atoms with van der Waals surface area (Å²) < 4.78 is 43.3. The lowest BCUT2D eigenvalue weighted by atomic mass is 9.95. The minimum Gasteiger partial charge on any atom is -0.492 e. The molecule has 0 amide bonds. The number of carboxylic acids is 1. The highest BCUT2D eigenvalue weighted by molar-refractivity contribution is 5.73. The van der Waals surface area contributed by atoms with Crippen molar-refractivity contribution < 1.29 is 27.8 Å². The van der Waals surface area contributed by atoms with Crippen LogP contribution < -0.4 is 10.5 Å². The van der Waals surface area contributed by atoms with Crippen LogP contribution in [0.2, 0.25) is 0 Å². The standard InChI is InChI=1S/C12H14F3NO3/c1-11(2,10(17)18)6-19-9-4-3-7(16)5-8(9)12(13,14)15/h3-5H,6,16H2,1-2H3,(H,17,18). The number of halogens is 3. The van der Waals surface area contributed by atoms with Crippen LogP contribution in [0.5, 0.6) is 5.75 Å². The van der Waals surface area contributed by atoms with Crippen molar-refractivity contribution in [1.82, 2.24) is 0 Å². The molecule has 1 aromatic rings. The molecule has 0 bridgehead atoms. The minimum atomic E-state index is -4.61. The molecule has 0 aliphatic heterocycles. The average Bonchev–Trinajstić information content (AvgIpc) is 2.26. The summed E-state index contributed by atoms with van der Waals surface area (Å²) in [6, 6.07) is 3.09. The molecular formula is C12H14F3NO3. The van der Waals surface area contributed by atoms with Gasteiger partial charge in [0.2, 0.25) is 0 Å². The lowest BCUT2D eigenvalue weighted by Gasteiger charge is -2.21. The van der Waals surface area contributed by atoms with Crippen LogP contribution in [-0.4, -0.2) is 17.7 Å². The summed E-state index contributed by atoms with van der Waals surface area (Å²) in [5.41, 5.74) is 2.95. The number of benzene rings is 1. The lowest BCUT2D eigenvalue weighted by Crippen LogP contribution is -2.31.